The summed E-state index contributed by atoms with van der Waals surface area (Å²) in [4.78, 5) is 4.35. The Morgan fingerprint density at radius 3 is 2.78 bits per heavy atom. The van der Waals surface area contributed by atoms with Gasteiger partial charge < -0.3 is 15.6 Å². The fraction of sp³-hybridized carbons (Fsp3) is 0.500. The van der Waals surface area contributed by atoms with Gasteiger partial charge in [-0.15, -0.1) is 0 Å². The summed E-state index contributed by atoms with van der Waals surface area (Å²) in [6, 6.07) is 5.20. The van der Waals surface area contributed by atoms with Crippen LogP contribution in [0.3, 0.4) is 0 Å². The highest BCUT2D eigenvalue weighted by atomic mass is 16.5. The molecule has 100 valence electrons. The van der Waals surface area contributed by atoms with Crippen LogP contribution in [0.2, 0.25) is 0 Å². The van der Waals surface area contributed by atoms with E-state index in [0.29, 0.717) is 5.75 Å². The number of aliphatic imine (C=N–C) groups is 1. The third-order valence-corrected chi connectivity index (χ3v) is 2.69. The molecule has 0 aliphatic rings. The van der Waals surface area contributed by atoms with Gasteiger partial charge in [-0.2, -0.15) is 0 Å². The fourth-order valence-electron chi connectivity index (χ4n) is 1.65. The highest BCUT2D eigenvalue weighted by Crippen LogP contribution is 2.25. The van der Waals surface area contributed by atoms with E-state index in [4.69, 9.17) is 10.5 Å². The second-order valence-corrected chi connectivity index (χ2v) is 4.17. The summed E-state index contributed by atoms with van der Waals surface area (Å²) in [5, 5.41) is 9.45. The minimum Gasteiger partial charge on any atom is -0.504 e. The number of unbranched alkanes of at least 4 members (excludes halogenated alkanes) is 3. The van der Waals surface area contributed by atoms with Crippen LogP contribution in [-0.4, -0.2) is 31.5 Å². The summed E-state index contributed by atoms with van der Waals surface area (Å²) in [6.07, 6.45) is 6.35. The largest absolute Gasteiger partial charge is 0.504 e. The molecule has 0 radical (unpaired) electrons. The smallest absolute Gasteiger partial charge is 0.161 e. The number of ether oxygens (including phenoxy) is 1. The molecule has 18 heavy (non-hydrogen) atoms. The third-order valence-electron chi connectivity index (χ3n) is 2.69. The van der Waals surface area contributed by atoms with E-state index in [9.17, 15) is 5.11 Å². The van der Waals surface area contributed by atoms with Crippen LogP contribution >= 0.6 is 0 Å². The second-order valence-electron chi connectivity index (χ2n) is 4.17. The normalized spacial score (nSPS) is 11.0. The number of nitrogens with zero attached hydrogens (tertiary/aromatic N) is 1. The van der Waals surface area contributed by atoms with Gasteiger partial charge in [0, 0.05) is 12.8 Å². The quantitative estimate of drug-likeness (QED) is 0.549. The summed E-state index contributed by atoms with van der Waals surface area (Å²) in [5.41, 5.74) is 6.36. The van der Waals surface area contributed by atoms with Crippen molar-refractivity contribution in [1.29, 1.82) is 0 Å². The summed E-state index contributed by atoms with van der Waals surface area (Å²) in [7, 11) is 1.54. The number of benzene rings is 1. The molecule has 3 N–H and O–H groups in total. The predicted octanol–water partition coefficient (Wildman–Crippen LogP) is 2.34. The number of methoxy groups -OCH3 is 1. The van der Waals surface area contributed by atoms with Crippen LogP contribution in [0, 0.1) is 0 Å². The van der Waals surface area contributed by atoms with Crippen LogP contribution in [0.25, 0.3) is 0 Å². The van der Waals surface area contributed by atoms with Crippen LogP contribution in [-0.2, 0) is 0 Å². The van der Waals surface area contributed by atoms with Crippen LogP contribution < -0.4 is 10.5 Å². The highest BCUT2D eigenvalue weighted by molar-refractivity contribution is 5.80. The number of phenols is 1. The van der Waals surface area contributed by atoms with Gasteiger partial charge in [-0.1, -0.05) is 12.8 Å². The molecule has 4 heteroatoms. The van der Waals surface area contributed by atoms with Crippen molar-refractivity contribution in [3.05, 3.63) is 23.8 Å². The molecule has 0 bridgehead atoms. The molecule has 1 aromatic rings. The summed E-state index contributed by atoms with van der Waals surface area (Å²) >= 11 is 0. The number of rotatable bonds is 8. The van der Waals surface area contributed by atoms with Gasteiger partial charge in [0.05, 0.1) is 7.11 Å². The summed E-state index contributed by atoms with van der Waals surface area (Å²) in [5.74, 6) is 0.623. The van der Waals surface area contributed by atoms with E-state index in [1.165, 1.54) is 20.0 Å². The fourth-order valence-corrected chi connectivity index (χ4v) is 1.65. The van der Waals surface area contributed by atoms with Crippen molar-refractivity contribution < 1.29 is 9.84 Å². The average molecular weight is 250 g/mol. The van der Waals surface area contributed by atoms with Crippen molar-refractivity contribution in [3.8, 4) is 11.5 Å². The van der Waals surface area contributed by atoms with Crippen LogP contribution in [0.5, 0.6) is 11.5 Å². The van der Waals surface area contributed by atoms with Crippen molar-refractivity contribution in [2.75, 3.05) is 20.2 Å². The molecule has 0 heterocycles. The van der Waals surface area contributed by atoms with Crippen molar-refractivity contribution in [2.24, 2.45) is 10.7 Å². The van der Waals surface area contributed by atoms with Crippen LogP contribution in [0.15, 0.2) is 23.2 Å². The lowest BCUT2D eigenvalue weighted by molar-refractivity contribution is 0.373. The first-order chi connectivity index (χ1) is 8.77. The van der Waals surface area contributed by atoms with Crippen molar-refractivity contribution in [1.82, 2.24) is 0 Å². The molecule has 4 nitrogen and oxygen atoms in total. The van der Waals surface area contributed by atoms with E-state index < -0.39 is 0 Å². The Bertz CT molecular complexity index is 378. The molecule has 0 saturated heterocycles. The zero-order valence-corrected chi connectivity index (χ0v) is 10.9. The van der Waals surface area contributed by atoms with Crippen molar-refractivity contribution in [2.45, 2.75) is 25.7 Å². The topological polar surface area (TPSA) is 67.8 Å². The van der Waals surface area contributed by atoms with E-state index in [1.807, 2.05) is 12.3 Å². The van der Waals surface area contributed by atoms with Gasteiger partial charge in [0.15, 0.2) is 11.5 Å². The molecular formula is C14H22N2O2. The maximum absolute atomic E-state index is 9.45. The lowest BCUT2D eigenvalue weighted by Gasteiger charge is -2.03. The number of phenolic OH excluding ortho intramolecular Hbond substituents is 1. The molecule has 0 spiro atoms. The van der Waals surface area contributed by atoms with Crippen LogP contribution in [0.1, 0.15) is 31.2 Å². The molecule has 0 aliphatic heterocycles. The minimum atomic E-state index is 0.149. The van der Waals surface area contributed by atoms with Gasteiger partial charge in [0.1, 0.15) is 0 Å². The Labute approximate surface area is 108 Å². The van der Waals surface area contributed by atoms with E-state index in [-0.39, 0.29) is 5.75 Å². The Morgan fingerprint density at radius 2 is 2.06 bits per heavy atom. The highest BCUT2D eigenvalue weighted by Gasteiger charge is 2.00. The van der Waals surface area contributed by atoms with E-state index in [0.717, 1.165) is 31.5 Å². The minimum absolute atomic E-state index is 0.149. The molecule has 0 fully saturated rings. The number of nitrogens with two attached hydrogens (primary N) is 1. The number of hydrogen-bond donors (Lipinski definition) is 2. The molecule has 0 amide bonds. The summed E-state index contributed by atoms with van der Waals surface area (Å²) < 4.78 is 5.03. The molecule has 0 atom stereocenters. The second kappa shape index (κ2) is 8.53. The molecule has 1 aromatic carbocycles. The SMILES string of the molecule is COc1cc(C=NCCCCCCN)ccc1O. The van der Waals surface area contributed by atoms with Gasteiger partial charge in [0.25, 0.3) is 0 Å². The number of hydrogen-bond acceptors (Lipinski definition) is 4. The lowest BCUT2D eigenvalue weighted by Crippen LogP contribution is -1.97. The van der Waals surface area contributed by atoms with E-state index in [1.54, 1.807) is 12.1 Å². The van der Waals surface area contributed by atoms with Gasteiger partial charge in [-0.05, 0) is 43.1 Å². The Kier molecular flexibility index (Phi) is 6.87. The molecule has 0 aliphatic carbocycles. The number of aromatic hydroxyl groups is 1. The first kappa shape index (κ1) is 14.5. The van der Waals surface area contributed by atoms with Crippen molar-refractivity contribution in [3.63, 3.8) is 0 Å². The maximum Gasteiger partial charge on any atom is 0.161 e. The first-order valence-electron chi connectivity index (χ1n) is 6.35. The standard InChI is InChI=1S/C14H22N2O2/c1-18-14-10-12(6-7-13(14)17)11-16-9-5-3-2-4-8-15/h6-7,10-11,17H,2-5,8-9,15H2,1H3. The van der Waals surface area contributed by atoms with Gasteiger partial charge in [-0.25, -0.2) is 0 Å². The molecule has 0 aromatic heterocycles. The van der Waals surface area contributed by atoms with Crippen molar-refractivity contribution >= 4 is 6.21 Å². The maximum atomic E-state index is 9.45. The lowest BCUT2D eigenvalue weighted by atomic mass is 10.2. The van der Waals surface area contributed by atoms with Gasteiger partial charge in [-0.3, -0.25) is 4.99 Å². The van der Waals surface area contributed by atoms with E-state index >= 15 is 0 Å². The molecule has 0 saturated carbocycles. The predicted molar refractivity (Wildman–Crippen MR) is 74.6 cm³/mol. The molecule has 1 rings (SSSR count). The Morgan fingerprint density at radius 1 is 1.28 bits per heavy atom. The third kappa shape index (κ3) is 5.19. The Balaban J connectivity index is 2.33. The molecule has 0 unspecified atom stereocenters. The van der Waals surface area contributed by atoms with Gasteiger partial charge in [0.2, 0.25) is 0 Å². The monoisotopic (exact) mass is 250 g/mol. The van der Waals surface area contributed by atoms with Gasteiger partial charge >= 0.3 is 0 Å². The zero-order valence-electron chi connectivity index (χ0n) is 10.9. The van der Waals surface area contributed by atoms with E-state index in [2.05, 4.69) is 4.99 Å². The molecular weight excluding hydrogens is 228 g/mol. The first-order valence-corrected chi connectivity index (χ1v) is 6.35. The Hall–Kier alpha value is -1.55. The summed E-state index contributed by atoms with van der Waals surface area (Å²) in [6.45, 7) is 1.60. The van der Waals surface area contributed by atoms with Crippen LogP contribution in [0.4, 0.5) is 0 Å². The average Bonchev–Trinajstić information content (AvgIpc) is 2.39. The zero-order chi connectivity index (χ0) is 13.2.